The fourth-order valence-electron chi connectivity index (χ4n) is 2.71. The molecule has 0 amide bonds. The predicted molar refractivity (Wildman–Crippen MR) is 86.8 cm³/mol. The third-order valence-corrected chi connectivity index (χ3v) is 5.02. The van der Waals surface area contributed by atoms with Gasteiger partial charge in [0.2, 0.25) is 5.95 Å². The summed E-state index contributed by atoms with van der Waals surface area (Å²) in [6.07, 6.45) is 3.54. The van der Waals surface area contributed by atoms with E-state index in [0.717, 1.165) is 35.5 Å². The zero-order chi connectivity index (χ0) is 14.1. The van der Waals surface area contributed by atoms with E-state index >= 15 is 0 Å². The third-order valence-electron chi connectivity index (χ3n) is 3.84. The van der Waals surface area contributed by atoms with Gasteiger partial charge in [0, 0.05) is 17.5 Å². The molecule has 0 aromatic carbocycles. The Hall–Kier alpha value is -1.36. The molecule has 0 aliphatic heterocycles. The van der Waals surface area contributed by atoms with Crippen molar-refractivity contribution in [2.24, 2.45) is 5.92 Å². The molecule has 1 saturated carbocycles. The number of rotatable bonds is 5. The maximum Gasteiger partial charge on any atom is 0.226 e. The summed E-state index contributed by atoms with van der Waals surface area (Å²) in [4.78, 5) is 11.7. The van der Waals surface area contributed by atoms with Crippen molar-refractivity contribution in [2.45, 2.75) is 46.1 Å². The van der Waals surface area contributed by atoms with Gasteiger partial charge in [-0.3, -0.25) is 0 Å². The molecule has 2 aromatic heterocycles. The van der Waals surface area contributed by atoms with Crippen LogP contribution in [0.1, 0.15) is 38.5 Å². The maximum atomic E-state index is 4.66. The topological polar surface area (TPSA) is 49.8 Å². The Labute approximate surface area is 124 Å². The Morgan fingerprint density at radius 1 is 1.30 bits per heavy atom. The largest absolute Gasteiger partial charge is 0.367 e. The number of nitrogens with zero attached hydrogens (tertiary/aromatic N) is 2. The van der Waals surface area contributed by atoms with Crippen LogP contribution >= 0.6 is 11.3 Å². The maximum absolute atomic E-state index is 4.66. The average Bonchev–Trinajstić information content (AvgIpc) is 2.80. The molecule has 0 spiro atoms. The lowest BCUT2D eigenvalue weighted by molar-refractivity contribution is 0.309. The summed E-state index contributed by atoms with van der Waals surface area (Å²) in [5.74, 6) is 2.57. The summed E-state index contributed by atoms with van der Waals surface area (Å²) < 4.78 is 0. The first kappa shape index (κ1) is 13.6. The smallest absolute Gasteiger partial charge is 0.226 e. The molecule has 108 valence electrons. The Kier molecular flexibility index (Phi) is 3.78. The summed E-state index contributed by atoms with van der Waals surface area (Å²) in [6, 6.07) is 2.81. The van der Waals surface area contributed by atoms with E-state index in [4.69, 9.17) is 0 Å². The number of aryl methyl sites for hydroxylation is 1. The molecule has 20 heavy (non-hydrogen) atoms. The van der Waals surface area contributed by atoms with Gasteiger partial charge in [0.1, 0.15) is 10.6 Å². The lowest BCUT2D eigenvalue weighted by atomic mass is 9.82. The molecule has 0 atom stereocenters. The molecule has 0 saturated heterocycles. The van der Waals surface area contributed by atoms with Gasteiger partial charge in [0.05, 0.1) is 5.39 Å². The van der Waals surface area contributed by atoms with Crippen LogP contribution in [0.15, 0.2) is 6.07 Å². The fraction of sp³-hybridized carbons (Fsp3) is 0.600. The minimum atomic E-state index is 0.572. The Bertz CT molecular complexity index is 601. The van der Waals surface area contributed by atoms with Gasteiger partial charge in [0.25, 0.3) is 0 Å². The first-order valence-electron chi connectivity index (χ1n) is 7.50. The van der Waals surface area contributed by atoms with Crippen LogP contribution in [0.3, 0.4) is 0 Å². The van der Waals surface area contributed by atoms with E-state index in [-0.39, 0.29) is 0 Å². The molecule has 2 heterocycles. The van der Waals surface area contributed by atoms with Gasteiger partial charge in [-0.15, -0.1) is 11.3 Å². The molecule has 0 radical (unpaired) electrons. The zero-order valence-corrected chi connectivity index (χ0v) is 13.2. The number of nitrogens with one attached hydrogen (secondary N) is 2. The first-order chi connectivity index (χ1) is 9.69. The van der Waals surface area contributed by atoms with Crippen molar-refractivity contribution in [1.29, 1.82) is 0 Å². The molecular weight excluding hydrogens is 268 g/mol. The first-order valence-corrected chi connectivity index (χ1v) is 8.32. The van der Waals surface area contributed by atoms with E-state index in [1.54, 1.807) is 11.3 Å². The van der Waals surface area contributed by atoms with Crippen molar-refractivity contribution in [3.8, 4) is 0 Å². The van der Waals surface area contributed by atoms with Crippen LogP contribution in [0, 0.1) is 5.92 Å². The second kappa shape index (κ2) is 5.56. The fourth-order valence-corrected chi connectivity index (χ4v) is 3.67. The van der Waals surface area contributed by atoms with Crippen molar-refractivity contribution in [3.05, 3.63) is 10.9 Å². The Morgan fingerprint density at radius 2 is 2.10 bits per heavy atom. The van der Waals surface area contributed by atoms with Crippen LogP contribution < -0.4 is 10.6 Å². The van der Waals surface area contributed by atoms with Crippen LogP contribution in [-0.2, 0) is 6.42 Å². The van der Waals surface area contributed by atoms with Crippen LogP contribution in [0.5, 0.6) is 0 Å². The summed E-state index contributed by atoms with van der Waals surface area (Å²) in [6.45, 7) is 7.40. The summed E-state index contributed by atoms with van der Waals surface area (Å²) in [5.41, 5.74) is 0. The minimum Gasteiger partial charge on any atom is -0.367 e. The van der Waals surface area contributed by atoms with Crippen molar-refractivity contribution >= 4 is 33.3 Å². The molecule has 5 heteroatoms. The molecule has 0 bridgehead atoms. The number of fused-ring (bicyclic) bond motifs is 1. The van der Waals surface area contributed by atoms with Gasteiger partial charge in [0.15, 0.2) is 0 Å². The Balaban J connectivity index is 1.95. The van der Waals surface area contributed by atoms with E-state index in [1.165, 1.54) is 23.1 Å². The molecule has 2 N–H and O–H groups in total. The summed E-state index contributed by atoms with van der Waals surface area (Å²) in [7, 11) is 0. The van der Waals surface area contributed by atoms with Crippen LogP contribution in [0.25, 0.3) is 10.2 Å². The molecule has 1 aliphatic rings. The summed E-state index contributed by atoms with van der Waals surface area (Å²) >= 11 is 1.77. The van der Waals surface area contributed by atoms with Crippen molar-refractivity contribution in [3.63, 3.8) is 0 Å². The van der Waals surface area contributed by atoms with E-state index in [0.29, 0.717) is 6.04 Å². The molecule has 2 aromatic rings. The third kappa shape index (κ3) is 2.59. The number of hydrogen-bond acceptors (Lipinski definition) is 5. The monoisotopic (exact) mass is 290 g/mol. The number of aromatic nitrogens is 2. The molecule has 0 unspecified atom stereocenters. The van der Waals surface area contributed by atoms with E-state index in [1.807, 2.05) is 0 Å². The highest BCUT2D eigenvalue weighted by Gasteiger charge is 2.26. The van der Waals surface area contributed by atoms with Crippen LogP contribution in [0.2, 0.25) is 0 Å². The highest BCUT2D eigenvalue weighted by molar-refractivity contribution is 7.18. The highest BCUT2D eigenvalue weighted by atomic mass is 32.1. The van der Waals surface area contributed by atoms with Gasteiger partial charge >= 0.3 is 0 Å². The van der Waals surface area contributed by atoms with Gasteiger partial charge in [-0.2, -0.15) is 4.98 Å². The van der Waals surface area contributed by atoms with Crippen molar-refractivity contribution < 1.29 is 0 Å². The second-order valence-corrected chi connectivity index (χ2v) is 6.74. The van der Waals surface area contributed by atoms with E-state index < -0.39 is 0 Å². The molecule has 3 rings (SSSR count). The second-order valence-electron chi connectivity index (χ2n) is 5.63. The lowest BCUT2D eigenvalue weighted by Gasteiger charge is -2.33. The van der Waals surface area contributed by atoms with Gasteiger partial charge in [-0.05, 0) is 38.2 Å². The molecular formula is C15H22N4S. The van der Waals surface area contributed by atoms with Gasteiger partial charge < -0.3 is 10.6 Å². The van der Waals surface area contributed by atoms with Crippen molar-refractivity contribution in [2.75, 3.05) is 17.2 Å². The van der Waals surface area contributed by atoms with Crippen LogP contribution in [-0.4, -0.2) is 22.6 Å². The SMILES string of the molecule is CCNc1nc(NC2CC(C)C2)c2cc(CC)sc2n1. The number of thiophene rings is 1. The van der Waals surface area contributed by atoms with Gasteiger partial charge in [-0.1, -0.05) is 13.8 Å². The molecule has 1 fully saturated rings. The van der Waals surface area contributed by atoms with E-state index in [2.05, 4.69) is 47.4 Å². The normalized spacial score (nSPS) is 21.8. The molecule has 1 aliphatic carbocycles. The number of hydrogen-bond donors (Lipinski definition) is 2. The minimum absolute atomic E-state index is 0.572. The average molecular weight is 290 g/mol. The van der Waals surface area contributed by atoms with Gasteiger partial charge in [-0.25, -0.2) is 4.98 Å². The van der Waals surface area contributed by atoms with E-state index in [9.17, 15) is 0 Å². The summed E-state index contributed by atoms with van der Waals surface area (Å²) in [5, 5.41) is 8.01. The van der Waals surface area contributed by atoms with Crippen LogP contribution in [0.4, 0.5) is 11.8 Å². The standard InChI is InChI=1S/C15H22N4S/c1-4-11-8-12-13(17-10-6-9(3)7-10)18-15(16-5-2)19-14(12)20-11/h8-10H,4-7H2,1-3H3,(H2,16,17,18,19). The predicted octanol–water partition coefficient (Wildman–Crippen LogP) is 3.90. The highest BCUT2D eigenvalue weighted by Crippen LogP contribution is 2.34. The Morgan fingerprint density at radius 3 is 2.75 bits per heavy atom. The quantitative estimate of drug-likeness (QED) is 0.877. The lowest BCUT2D eigenvalue weighted by Crippen LogP contribution is -2.34. The number of anilines is 2. The zero-order valence-electron chi connectivity index (χ0n) is 12.4. The van der Waals surface area contributed by atoms with Crippen molar-refractivity contribution in [1.82, 2.24) is 9.97 Å². The molecule has 4 nitrogen and oxygen atoms in total.